The molecule has 5 heteroatoms. The lowest BCUT2D eigenvalue weighted by atomic mass is 9.86. The van der Waals surface area contributed by atoms with Crippen LogP contribution in [-0.4, -0.2) is 54.2 Å². The second kappa shape index (κ2) is 8.70. The molecule has 2 rings (SSSR count). The molecule has 0 N–H and O–H groups in total. The van der Waals surface area contributed by atoms with Crippen molar-refractivity contribution in [3.8, 4) is 0 Å². The highest BCUT2D eigenvalue weighted by atomic mass is 19.4. The van der Waals surface area contributed by atoms with Crippen molar-refractivity contribution in [3.05, 3.63) is 0 Å². The first-order valence-corrected chi connectivity index (χ1v) is 9.42. The van der Waals surface area contributed by atoms with Gasteiger partial charge in [0.2, 0.25) is 0 Å². The van der Waals surface area contributed by atoms with Crippen LogP contribution in [0.5, 0.6) is 0 Å². The molecule has 2 nitrogen and oxygen atoms in total. The van der Waals surface area contributed by atoms with E-state index < -0.39 is 12.2 Å². The van der Waals surface area contributed by atoms with Gasteiger partial charge in [0, 0.05) is 25.7 Å². The van der Waals surface area contributed by atoms with Gasteiger partial charge >= 0.3 is 6.18 Å². The molecule has 0 radical (unpaired) electrons. The fraction of sp³-hybridized carbons (Fsp3) is 1.00. The Morgan fingerprint density at radius 3 is 2.30 bits per heavy atom. The molecule has 136 valence electrons. The second-order valence-corrected chi connectivity index (χ2v) is 7.69. The summed E-state index contributed by atoms with van der Waals surface area (Å²) in [7, 11) is 0. The van der Waals surface area contributed by atoms with E-state index in [1.165, 1.54) is 44.9 Å². The third-order valence-corrected chi connectivity index (χ3v) is 5.61. The van der Waals surface area contributed by atoms with Gasteiger partial charge in [-0.15, -0.1) is 0 Å². The summed E-state index contributed by atoms with van der Waals surface area (Å²) in [6, 6.07) is -1.34. The van der Waals surface area contributed by atoms with Crippen molar-refractivity contribution >= 4 is 0 Å². The van der Waals surface area contributed by atoms with Crippen LogP contribution in [0.15, 0.2) is 0 Å². The molecule has 1 unspecified atom stereocenters. The molecule has 1 aliphatic carbocycles. The number of alkyl halides is 3. The smallest absolute Gasteiger partial charge is 0.300 e. The Bertz CT molecular complexity index is 338. The molecule has 23 heavy (non-hydrogen) atoms. The van der Waals surface area contributed by atoms with Gasteiger partial charge in [-0.3, -0.25) is 4.90 Å². The fourth-order valence-corrected chi connectivity index (χ4v) is 4.21. The standard InChI is InChI=1S/C18H33F3N2/c1-15(2)23-13-12-22(14-17(23)18(19,20)21)11-7-6-10-16-8-4-3-5-9-16/h15-17H,3-14H2,1-2H3. The van der Waals surface area contributed by atoms with Crippen molar-refractivity contribution in [3.63, 3.8) is 0 Å². The number of hydrogen-bond donors (Lipinski definition) is 0. The largest absolute Gasteiger partial charge is 0.405 e. The van der Waals surface area contributed by atoms with Crippen LogP contribution in [-0.2, 0) is 0 Å². The number of halogens is 3. The third kappa shape index (κ3) is 5.93. The first-order valence-electron chi connectivity index (χ1n) is 9.42. The number of hydrogen-bond acceptors (Lipinski definition) is 2. The fourth-order valence-electron chi connectivity index (χ4n) is 4.21. The number of nitrogens with zero attached hydrogens (tertiary/aromatic N) is 2. The van der Waals surface area contributed by atoms with Gasteiger partial charge in [0.1, 0.15) is 6.04 Å². The van der Waals surface area contributed by atoms with Gasteiger partial charge in [0.15, 0.2) is 0 Å². The minimum absolute atomic E-state index is 0.0462. The Hall–Kier alpha value is -0.290. The summed E-state index contributed by atoms with van der Waals surface area (Å²) in [5.41, 5.74) is 0. The van der Waals surface area contributed by atoms with Crippen LogP contribution in [0.4, 0.5) is 13.2 Å². The highest BCUT2D eigenvalue weighted by Crippen LogP contribution is 2.30. The molecule has 1 saturated heterocycles. The molecule has 2 aliphatic rings. The van der Waals surface area contributed by atoms with Crippen molar-refractivity contribution in [1.29, 1.82) is 0 Å². The molecule has 0 bridgehead atoms. The number of unbranched alkanes of at least 4 members (excludes halogenated alkanes) is 1. The van der Waals surface area contributed by atoms with E-state index in [0.29, 0.717) is 6.54 Å². The summed E-state index contributed by atoms with van der Waals surface area (Å²) in [5.74, 6) is 0.879. The van der Waals surface area contributed by atoms with Crippen LogP contribution in [0.1, 0.15) is 65.2 Å². The van der Waals surface area contributed by atoms with E-state index in [1.54, 1.807) is 4.90 Å². The zero-order valence-electron chi connectivity index (χ0n) is 14.7. The molecule has 0 aromatic heterocycles. The monoisotopic (exact) mass is 334 g/mol. The highest BCUT2D eigenvalue weighted by molar-refractivity contribution is 4.88. The van der Waals surface area contributed by atoms with Crippen molar-refractivity contribution in [1.82, 2.24) is 9.80 Å². The zero-order chi connectivity index (χ0) is 16.9. The Labute approximate surface area is 139 Å². The normalized spacial score (nSPS) is 26.1. The number of piperazine rings is 1. The highest BCUT2D eigenvalue weighted by Gasteiger charge is 2.46. The molecule has 0 aromatic carbocycles. The van der Waals surface area contributed by atoms with Crippen molar-refractivity contribution in [2.75, 3.05) is 26.2 Å². The maximum atomic E-state index is 13.3. The summed E-state index contributed by atoms with van der Waals surface area (Å²) < 4.78 is 39.9. The molecule has 2 fully saturated rings. The van der Waals surface area contributed by atoms with Crippen molar-refractivity contribution in [2.24, 2.45) is 5.92 Å². The summed E-state index contributed by atoms with van der Waals surface area (Å²) in [6.07, 6.45) is 6.22. The van der Waals surface area contributed by atoms with E-state index in [0.717, 1.165) is 25.4 Å². The van der Waals surface area contributed by atoms with Gasteiger partial charge in [-0.05, 0) is 32.7 Å². The van der Waals surface area contributed by atoms with Crippen molar-refractivity contribution in [2.45, 2.75) is 83.5 Å². The summed E-state index contributed by atoms with van der Waals surface area (Å²) in [6.45, 7) is 5.99. The molecule has 0 amide bonds. The minimum atomic E-state index is -4.12. The van der Waals surface area contributed by atoms with Crippen LogP contribution in [0.25, 0.3) is 0 Å². The van der Waals surface area contributed by atoms with Crippen molar-refractivity contribution < 1.29 is 13.2 Å². The minimum Gasteiger partial charge on any atom is -0.300 e. The molecule has 0 aromatic rings. The lowest BCUT2D eigenvalue weighted by molar-refractivity contribution is -0.202. The van der Waals surface area contributed by atoms with Gasteiger partial charge < -0.3 is 4.90 Å². The molecular formula is C18H33F3N2. The molecule has 1 saturated carbocycles. The van der Waals surface area contributed by atoms with Crippen LogP contribution >= 0.6 is 0 Å². The quantitative estimate of drug-likeness (QED) is 0.650. The SMILES string of the molecule is CC(C)N1CCN(CCCCC2CCCCC2)CC1C(F)(F)F. The molecular weight excluding hydrogens is 301 g/mol. The Balaban J connectivity index is 1.71. The van der Waals surface area contributed by atoms with Crippen LogP contribution < -0.4 is 0 Å². The Morgan fingerprint density at radius 1 is 1.00 bits per heavy atom. The van der Waals surface area contributed by atoms with E-state index in [2.05, 4.69) is 0 Å². The average molecular weight is 334 g/mol. The van der Waals surface area contributed by atoms with Crippen LogP contribution in [0.3, 0.4) is 0 Å². The lowest BCUT2D eigenvalue weighted by Crippen LogP contribution is -2.60. The first-order chi connectivity index (χ1) is 10.9. The first kappa shape index (κ1) is 19.0. The molecule has 0 spiro atoms. The van der Waals surface area contributed by atoms with E-state index in [9.17, 15) is 13.2 Å². The maximum Gasteiger partial charge on any atom is 0.405 e. The van der Waals surface area contributed by atoms with Gasteiger partial charge in [-0.1, -0.05) is 44.9 Å². The average Bonchev–Trinajstić information content (AvgIpc) is 2.51. The van der Waals surface area contributed by atoms with Gasteiger partial charge in [0.05, 0.1) is 0 Å². The zero-order valence-corrected chi connectivity index (χ0v) is 14.7. The van der Waals surface area contributed by atoms with E-state index in [1.807, 2.05) is 18.7 Å². The van der Waals surface area contributed by atoms with E-state index in [4.69, 9.17) is 0 Å². The molecule has 1 heterocycles. The van der Waals surface area contributed by atoms with Gasteiger partial charge in [-0.2, -0.15) is 13.2 Å². The summed E-state index contributed by atoms with van der Waals surface area (Å²) in [5, 5.41) is 0. The summed E-state index contributed by atoms with van der Waals surface area (Å²) >= 11 is 0. The maximum absolute atomic E-state index is 13.3. The van der Waals surface area contributed by atoms with Crippen LogP contribution in [0.2, 0.25) is 0 Å². The van der Waals surface area contributed by atoms with E-state index in [-0.39, 0.29) is 12.6 Å². The number of rotatable bonds is 6. The van der Waals surface area contributed by atoms with Gasteiger partial charge in [-0.25, -0.2) is 0 Å². The lowest BCUT2D eigenvalue weighted by Gasteiger charge is -2.44. The topological polar surface area (TPSA) is 6.48 Å². The Kier molecular flexibility index (Phi) is 7.20. The molecule has 1 atom stereocenters. The predicted molar refractivity (Wildman–Crippen MR) is 88.6 cm³/mol. The Morgan fingerprint density at radius 2 is 1.70 bits per heavy atom. The van der Waals surface area contributed by atoms with Gasteiger partial charge in [0.25, 0.3) is 0 Å². The summed E-state index contributed by atoms with van der Waals surface area (Å²) in [4.78, 5) is 3.64. The van der Waals surface area contributed by atoms with E-state index >= 15 is 0 Å². The third-order valence-electron chi connectivity index (χ3n) is 5.61. The predicted octanol–water partition coefficient (Wildman–Crippen LogP) is 4.69. The molecule has 1 aliphatic heterocycles. The second-order valence-electron chi connectivity index (χ2n) is 7.69. The van der Waals surface area contributed by atoms with Crippen LogP contribution in [0, 0.1) is 5.92 Å².